The number of H-pyrrole nitrogens is 1. The Hall–Kier alpha value is -5.19. The molecule has 4 heteroatoms. The molecular formula is C45H43N3S. The number of rotatable bonds is 12. The number of nitrogens with one attached hydrogen (secondary N) is 1. The molecule has 0 atom stereocenters. The third-order valence-corrected chi connectivity index (χ3v) is 11.2. The van der Waals surface area contributed by atoms with Crippen LogP contribution in [0.3, 0.4) is 0 Å². The molecule has 2 aromatic heterocycles. The lowest BCUT2D eigenvalue weighted by molar-refractivity contribution is 0.439. The molecule has 0 saturated carbocycles. The number of aromatic amines is 1. The Balaban J connectivity index is 1.17. The van der Waals surface area contributed by atoms with Crippen LogP contribution in [-0.4, -0.2) is 9.97 Å². The van der Waals surface area contributed by atoms with Gasteiger partial charge >= 0.3 is 0 Å². The number of fused-ring (bicyclic) bond motifs is 5. The first-order valence-electron chi connectivity index (χ1n) is 17.4. The number of nitrogens with zero attached hydrogens (tertiary/aromatic N) is 2. The third kappa shape index (κ3) is 6.37. The van der Waals surface area contributed by atoms with E-state index in [1.807, 2.05) is 12.1 Å². The summed E-state index contributed by atoms with van der Waals surface area (Å²) in [6.45, 7) is 11.1. The lowest BCUT2D eigenvalue weighted by Gasteiger charge is -2.35. The van der Waals surface area contributed by atoms with Crippen molar-refractivity contribution in [2.24, 2.45) is 0 Å². The van der Waals surface area contributed by atoms with E-state index in [2.05, 4.69) is 165 Å². The van der Waals surface area contributed by atoms with E-state index in [1.165, 1.54) is 37.8 Å². The van der Waals surface area contributed by atoms with Gasteiger partial charge in [-0.3, -0.25) is 0 Å². The first-order valence-corrected chi connectivity index (χ1v) is 18.2. The van der Waals surface area contributed by atoms with Gasteiger partial charge in [-0.2, -0.15) is 0 Å². The first kappa shape index (κ1) is 32.4. The van der Waals surface area contributed by atoms with Gasteiger partial charge in [0.15, 0.2) is 0 Å². The molecule has 0 bridgehead atoms. The summed E-state index contributed by atoms with van der Waals surface area (Å²) in [6.07, 6.45) is 12.6. The van der Waals surface area contributed by atoms with E-state index < -0.39 is 0 Å². The summed E-state index contributed by atoms with van der Waals surface area (Å²) in [5, 5.41) is 3.57. The van der Waals surface area contributed by atoms with Crippen LogP contribution < -0.4 is 4.90 Å². The zero-order valence-electron chi connectivity index (χ0n) is 28.6. The molecule has 5 aromatic carbocycles. The number of allylic oxidation sites excluding steroid dienone is 4. The Labute approximate surface area is 294 Å². The molecule has 0 amide bonds. The average molecular weight is 658 g/mol. The predicted molar refractivity (Wildman–Crippen MR) is 213 cm³/mol. The van der Waals surface area contributed by atoms with Crippen molar-refractivity contribution in [2.45, 2.75) is 51.9 Å². The van der Waals surface area contributed by atoms with Crippen LogP contribution in [0.2, 0.25) is 0 Å². The van der Waals surface area contributed by atoms with Gasteiger partial charge in [0.1, 0.15) is 5.01 Å². The number of thiazole rings is 1. The summed E-state index contributed by atoms with van der Waals surface area (Å²) < 4.78 is 1.21. The van der Waals surface area contributed by atoms with Gasteiger partial charge in [0.25, 0.3) is 0 Å². The van der Waals surface area contributed by atoms with Crippen LogP contribution in [0.5, 0.6) is 0 Å². The van der Waals surface area contributed by atoms with E-state index in [0.29, 0.717) is 0 Å². The molecular weight excluding hydrogens is 615 g/mol. The van der Waals surface area contributed by atoms with Crippen molar-refractivity contribution >= 4 is 54.7 Å². The van der Waals surface area contributed by atoms with Gasteiger partial charge < -0.3 is 9.88 Å². The van der Waals surface area contributed by atoms with Crippen molar-refractivity contribution in [3.63, 3.8) is 0 Å². The predicted octanol–water partition coefficient (Wildman–Crippen LogP) is 13.1. The summed E-state index contributed by atoms with van der Waals surface area (Å²) in [6, 6.07) is 41.2. The summed E-state index contributed by atoms with van der Waals surface area (Å²) in [7, 11) is 0. The van der Waals surface area contributed by atoms with Gasteiger partial charge in [0, 0.05) is 38.9 Å². The Bertz CT molecular complexity index is 2280. The fourth-order valence-corrected chi connectivity index (χ4v) is 7.92. The second kappa shape index (κ2) is 14.1. The van der Waals surface area contributed by atoms with Gasteiger partial charge in [-0.15, -0.1) is 11.3 Å². The van der Waals surface area contributed by atoms with E-state index in [0.717, 1.165) is 58.7 Å². The fraction of sp³-hybridized carbons (Fsp3) is 0.178. The van der Waals surface area contributed by atoms with Gasteiger partial charge in [-0.25, -0.2) is 4.98 Å². The molecule has 0 fully saturated rings. The van der Waals surface area contributed by atoms with Crippen LogP contribution in [0, 0.1) is 0 Å². The van der Waals surface area contributed by atoms with Gasteiger partial charge in [-0.05, 0) is 96.8 Å². The molecule has 244 valence electrons. The molecule has 0 aliphatic rings. The summed E-state index contributed by atoms with van der Waals surface area (Å²) in [5.74, 6) is 0. The van der Waals surface area contributed by atoms with E-state index in [9.17, 15) is 0 Å². The molecule has 7 rings (SSSR count). The van der Waals surface area contributed by atoms with Crippen molar-refractivity contribution in [1.29, 1.82) is 0 Å². The Morgan fingerprint density at radius 1 is 0.857 bits per heavy atom. The standard InChI is InChI=1S/C45H43N3S/c1-5-18-34(48(35-22-12-9-13-23-35)41-26-17-16-25-38(41)45(4,6-2)7-3)24-15-14-19-32-27-29-39-37(31-32)36-28-30-40-43(42(36)46-39)49-44(47-40)33-20-10-8-11-21-33/h5,8-13,15-18,20-31,46H,1,6-7,14,19H2,2-4H3/b24-15-,34-18+. The van der Waals surface area contributed by atoms with Crippen molar-refractivity contribution in [2.75, 3.05) is 4.90 Å². The molecule has 0 saturated heterocycles. The van der Waals surface area contributed by atoms with E-state index in [-0.39, 0.29) is 5.41 Å². The maximum Gasteiger partial charge on any atom is 0.124 e. The highest BCUT2D eigenvalue weighted by atomic mass is 32.1. The maximum atomic E-state index is 4.95. The molecule has 0 unspecified atom stereocenters. The van der Waals surface area contributed by atoms with Crippen molar-refractivity contribution in [3.05, 3.63) is 163 Å². The van der Waals surface area contributed by atoms with Crippen molar-refractivity contribution in [3.8, 4) is 10.6 Å². The topological polar surface area (TPSA) is 31.9 Å². The number of anilines is 2. The molecule has 0 aliphatic carbocycles. The van der Waals surface area contributed by atoms with Crippen molar-refractivity contribution < 1.29 is 0 Å². The highest BCUT2D eigenvalue weighted by molar-refractivity contribution is 7.22. The monoisotopic (exact) mass is 657 g/mol. The molecule has 0 aliphatic heterocycles. The summed E-state index contributed by atoms with van der Waals surface area (Å²) in [4.78, 5) is 11.0. The number of benzene rings is 5. The molecule has 49 heavy (non-hydrogen) atoms. The van der Waals surface area contributed by atoms with Crippen LogP contribution in [-0.2, 0) is 11.8 Å². The largest absolute Gasteiger partial charge is 0.353 e. The number of hydrogen-bond acceptors (Lipinski definition) is 3. The van der Waals surface area contributed by atoms with E-state index in [1.54, 1.807) is 11.3 Å². The Kier molecular flexibility index (Phi) is 9.32. The first-order chi connectivity index (χ1) is 24.0. The normalized spacial score (nSPS) is 12.4. The number of aromatic nitrogens is 2. The van der Waals surface area contributed by atoms with Crippen LogP contribution in [0.4, 0.5) is 11.4 Å². The highest BCUT2D eigenvalue weighted by Gasteiger charge is 2.28. The van der Waals surface area contributed by atoms with Gasteiger partial charge in [0.2, 0.25) is 0 Å². The second-order valence-electron chi connectivity index (χ2n) is 13.0. The minimum atomic E-state index is 0.0731. The van der Waals surface area contributed by atoms with Crippen LogP contribution in [0.25, 0.3) is 42.6 Å². The molecule has 2 heterocycles. The number of para-hydroxylation sites is 2. The smallest absolute Gasteiger partial charge is 0.124 e. The summed E-state index contributed by atoms with van der Waals surface area (Å²) in [5.41, 5.74) is 10.8. The second-order valence-corrected chi connectivity index (χ2v) is 13.9. The van der Waals surface area contributed by atoms with E-state index in [4.69, 9.17) is 4.98 Å². The number of aryl methyl sites for hydroxylation is 1. The van der Waals surface area contributed by atoms with Crippen LogP contribution in [0.15, 0.2) is 152 Å². The quantitative estimate of drug-likeness (QED) is 0.133. The van der Waals surface area contributed by atoms with Crippen molar-refractivity contribution in [1.82, 2.24) is 9.97 Å². The molecule has 0 spiro atoms. The van der Waals surface area contributed by atoms with Crippen LogP contribution in [0.1, 0.15) is 51.2 Å². The lowest BCUT2D eigenvalue weighted by Crippen LogP contribution is -2.25. The zero-order chi connectivity index (χ0) is 33.8. The molecule has 0 radical (unpaired) electrons. The minimum Gasteiger partial charge on any atom is -0.353 e. The average Bonchev–Trinajstić information content (AvgIpc) is 3.76. The Morgan fingerprint density at radius 2 is 1.59 bits per heavy atom. The molecule has 1 N–H and O–H groups in total. The SMILES string of the molecule is C=C/C=C(\C=C/CCc1ccc2[nH]c3c(ccc4nc(-c5ccccc5)sc43)c2c1)N(c1ccccc1)c1ccccc1C(C)(CC)CC. The summed E-state index contributed by atoms with van der Waals surface area (Å²) >= 11 is 1.76. The van der Waals surface area contributed by atoms with Gasteiger partial charge in [0.05, 0.1) is 15.7 Å². The van der Waals surface area contributed by atoms with Crippen LogP contribution >= 0.6 is 11.3 Å². The molecule has 7 aromatic rings. The molecule has 3 nitrogen and oxygen atoms in total. The Morgan fingerprint density at radius 3 is 2.35 bits per heavy atom. The lowest BCUT2D eigenvalue weighted by atomic mass is 9.76. The maximum absolute atomic E-state index is 4.95. The highest BCUT2D eigenvalue weighted by Crippen LogP contribution is 2.42. The number of hydrogen-bond donors (Lipinski definition) is 1. The van der Waals surface area contributed by atoms with Gasteiger partial charge in [-0.1, -0.05) is 112 Å². The third-order valence-electron chi connectivity index (χ3n) is 10.0. The van der Waals surface area contributed by atoms with E-state index >= 15 is 0 Å². The fourth-order valence-electron chi connectivity index (χ4n) is 6.85. The minimum absolute atomic E-state index is 0.0731. The zero-order valence-corrected chi connectivity index (χ0v) is 29.4.